The van der Waals surface area contributed by atoms with Gasteiger partial charge in [0.05, 0.1) is 17.8 Å². The molecule has 114 valence electrons. The van der Waals surface area contributed by atoms with Gasteiger partial charge < -0.3 is 9.64 Å². The van der Waals surface area contributed by atoms with E-state index in [1.54, 1.807) is 21.6 Å². The topological polar surface area (TPSA) is 63.9 Å². The van der Waals surface area contributed by atoms with E-state index in [1.165, 1.54) is 0 Å². The fourth-order valence-electron chi connectivity index (χ4n) is 3.21. The van der Waals surface area contributed by atoms with Crippen LogP contribution in [-0.2, 0) is 22.5 Å². The van der Waals surface area contributed by atoms with E-state index in [0.29, 0.717) is 37.3 Å². The number of rotatable bonds is 1. The number of pyridine rings is 1. The highest BCUT2D eigenvalue weighted by Crippen LogP contribution is 2.20. The Hall–Kier alpha value is -2.21. The summed E-state index contributed by atoms with van der Waals surface area (Å²) in [5.41, 5.74) is 2.02. The molecule has 4 rings (SSSR count). The van der Waals surface area contributed by atoms with Gasteiger partial charge in [0.1, 0.15) is 11.8 Å². The Morgan fingerprint density at radius 1 is 1.36 bits per heavy atom. The first kappa shape index (κ1) is 13.5. The van der Waals surface area contributed by atoms with E-state index in [9.17, 15) is 9.59 Å². The Labute approximate surface area is 127 Å². The Bertz CT molecular complexity index is 793. The lowest BCUT2D eigenvalue weighted by Gasteiger charge is -2.29. The normalized spacial score (nSPS) is 21.1. The first-order valence-corrected chi connectivity index (χ1v) is 7.63. The average Bonchev–Trinajstić information content (AvgIpc) is 3.09. The van der Waals surface area contributed by atoms with Crippen molar-refractivity contribution in [1.82, 2.24) is 14.3 Å². The highest BCUT2D eigenvalue weighted by molar-refractivity contribution is 5.81. The molecule has 0 saturated carbocycles. The number of ether oxygens (including phenoxy) is 1. The SMILES string of the molecule is O=C([C@H]1CCCO1)N1CCc2nc3ccccn3c(=O)c2C1. The molecule has 0 spiro atoms. The first-order chi connectivity index (χ1) is 10.7. The van der Waals surface area contributed by atoms with Crippen LogP contribution < -0.4 is 5.56 Å². The van der Waals surface area contributed by atoms with E-state index in [0.717, 1.165) is 18.5 Å². The van der Waals surface area contributed by atoms with Crippen LogP contribution in [0.1, 0.15) is 24.1 Å². The van der Waals surface area contributed by atoms with Gasteiger partial charge in [-0.2, -0.15) is 0 Å². The summed E-state index contributed by atoms with van der Waals surface area (Å²) in [5.74, 6) is 0.000656. The van der Waals surface area contributed by atoms with Crippen LogP contribution in [-0.4, -0.2) is 39.4 Å². The van der Waals surface area contributed by atoms with Crippen molar-refractivity contribution in [1.29, 1.82) is 0 Å². The summed E-state index contributed by atoms with van der Waals surface area (Å²) in [4.78, 5) is 31.4. The monoisotopic (exact) mass is 299 g/mol. The van der Waals surface area contributed by atoms with Crippen LogP contribution in [0.2, 0.25) is 0 Å². The molecule has 0 aliphatic carbocycles. The predicted molar refractivity (Wildman–Crippen MR) is 79.6 cm³/mol. The van der Waals surface area contributed by atoms with Gasteiger partial charge >= 0.3 is 0 Å². The first-order valence-electron chi connectivity index (χ1n) is 7.63. The number of hydrogen-bond acceptors (Lipinski definition) is 4. The third kappa shape index (κ3) is 2.11. The lowest BCUT2D eigenvalue weighted by molar-refractivity contribution is -0.141. The van der Waals surface area contributed by atoms with E-state index < -0.39 is 0 Å². The van der Waals surface area contributed by atoms with Crippen molar-refractivity contribution in [2.24, 2.45) is 0 Å². The number of nitrogens with zero attached hydrogens (tertiary/aromatic N) is 3. The zero-order chi connectivity index (χ0) is 15.1. The molecule has 0 aromatic carbocycles. The molecule has 6 nitrogen and oxygen atoms in total. The van der Waals surface area contributed by atoms with Gasteiger partial charge in [-0.3, -0.25) is 14.0 Å². The number of amides is 1. The molecular weight excluding hydrogens is 282 g/mol. The van der Waals surface area contributed by atoms with Gasteiger partial charge in [-0.05, 0) is 25.0 Å². The quantitative estimate of drug-likeness (QED) is 0.780. The maximum atomic E-state index is 12.6. The fraction of sp³-hybridized carbons (Fsp3) is 0.438. The molecule has 0 N–H and O–H groups in total. The molecule has 1 amide bonds. The Balaban J connectivity index is 1.69. The van der Waals surface area contributed by atoms with Gasteiger partial charge in [0.15, 0.2) is 0 Å². The standard InChI is InChI=1S/C16H17N3O3/c20-15-11-10-18(16(21)13-4-3-9-22-13)8-6-12(11)17-14-5-1-2-7-19(14)15/h1-2,5,7,13H,3-4,6,8-10H2/t13-/m1/s1. The molecule has 2 aromatic rings. The fourth-order valence-corrected chi connectivity index (χ4v) is 3.21. The smallest absolute Gasteiger partial charge is 0.263 e. The Morgan fingerprint density at radius 3 is 3.09 bits per heavy atom. The minimum absolute atomic E-state index is 0.000656. The molecule has 4 heterocycles. The second kappa shape index (κ2) is 5.21. The number of carbonyl (C=O) groups excluding carboxylic acids is 1. The van der Waals surface area contributed by atoms with Gasteiger partial charge in [0.2, 0.25) is 0 Å². The molecule has 0 radical (unpaired) electrons. The van der Waals surface area contributed by atoms with E-state index in [1.807, 2.05) is 12.1 Å². The number of aromatic nitrogens is 2. The van der Waals surface area contributed by atoms with Crippen LogP contribution in [0.4, 0.5) is 0 Å². The maximum Gasteiger partial charge on any atom is 0.263 e. The molecule has 2 aliphatic heterocycles. The van der Waals surface area contributed by atoms with Gasteiger partial charge in [-0.1, -0.05) is 6.07 Å². The number of fused-ring (bicyclic) bond motifs is 2. The van der Waals surface area contributed by atoms with Crippen molar-refractivity contribution < 1.29 is 9.53 Å². The van der Waals surface area contributed by atoms with Crippen molar-refractivity contribution in [2.45, 2.75) is 31.9 Å². The van der Waals surface area contributed by atoms with E-state index in [-0.39, 0.29) is 17.6 Å². The van der Waals surface area contributed by atoms with Crippen LogP contribution in [0.15, 0.2) is 29.2 Å². The molecule has 22 heavy (non-hydrogen) atoms. The molecule has 0 bridgehead atoms. The zero-order valence-electron chi connectivity index (χ0n) is 12.2. The van der Waals surface area contributed by atoms with E-state index in [2.05, 4.69) is 4.98 Å². The molecule has 6 heteroatoms. The molecule has 1 fully saturated rings. The van der Waals surface area contributed by atoms with Crippen LogP contribution in [0.5, 0.6) is 0 Å². The van der Waals surface area contributed by atoms with E-state index in [4.69, 9.17) is 4.74 Å². The van der Waals surface area contributed by atoms with Crippen LogP contribution in [0, 0.1) is 0 Å². The minimum atomic E-state index is -0.335. The largest absolute Gasteiger partial charge is 0.368 e. The summed E-state index contributed by atoms with van der Waals surface area (Å²) in [6.07, 6.45) is 3.70. The van der Waals surface area contributed by atoms with Crippen molar-refractivity contribution in [2.75, 3.05) is 13.2 Å². The molecule has 2 aliphatic rings. The summed E-state index contributed by atoms with van der Waals surface area (Å²) < 4.78 is 7.01. The third-order valence-corrected chi connectivity index (χ3v) is 4.40. The number of carbonyl (C=O) groups is 1. The lowest BCUT2D eigenvalue weighted by Crippen LogP contribution is -2.44. The van der Waals surface area contributed by atoms with Crippen molar-refractivity contribution in [3.63, 3.8) is 0 Å². The highest BCUT2D eigenvalue weighted by atomic mass is 16.5. The van der Waals surface area contributed by atoms with E-state index >= 15 is 0 Å². The van der Waals surface area contributed by atoms with Gasteiger partial charge in [-0.15, -0.1) is 0 Å². The summed E-state index contributed by atoms with van der Waals surface area (Å²) in [6.45, 7) is 1.58. The van der Waals surface area contributed by atoms with Crippen molar-refractivity contribution in [3.05, 3.63) is 46.0 Å². The lowest BCUT2D eigenvalue weighted by atomic mass is 10.1. The molecule has 1 saturated heterocycles. The highest BCUT2D eigenvalue weighted by Gasteiger charge is 2.31. The Morgan fingerprint density at radius 2 is 2.27 bits per heavy atom. The predicted octanol–water partition coefficient (Wildman–Crippen LogP) is 0.758. The van der Waals surface area contributed by atoms with Gasteiger partial charge in [0.25, 0.3) is 11.5 Å². The summed E-state index contributed by atoms with van der Waals surface area (Å²) in [7, 11) is 0. The zero-order valence-corrected chi connectivity index (χ0v) is 12.2. The second-order valence-electron chi connectivity index (χ2n) is 5.78. The third-order valence-electron chi connectivity index (χ3n) is 4.40. The van der Waals surface area contributed by atoms with Crippen LogP contribution >= 0.6 is 0 Å². The maximum absolute atomic E-state index is 12.6. The van der Waals surface area contributed by atoms with Crippen molar-refractivity contribution >= 4 is 11.6 Å². The molecule has 2 aromatic heterocycles. The van der Waals surface area contributed by atoms with Crippen molar-refractivity contribution in [3.8, 4) is 0 Å². The Kier molecular flexibility index (Phi) is 3.18. The summed E-state index contributed by atoms with van der Waals surface area (Å²) in [5, 5.41) is 0. The molecular formula is C16H17N3O3. The van der Waals surface area contributed by atoms with Crippen LogP contribution in [0.3, 0.4) is 0 Å². The van der Waals surface area contributed by atoms with Gasteiger partial charge in [0, 0.05) is 25.8 Å². The van der Waals surface area contributed by atoms with Crippen LogP contribution in [0.25, 0.3) is 5.65 Å². The summed E-state index contributed by atoms with van der Waals surface area (Å²) >= 11 is 0. The average molecular weight is 299 g/mol. The second-order valence-corrected chi connectivity index (χ2v) is 5.78. The minimum Gasteiger partial charge on any atom is -0.368 e. The molecule has 0 unspecified atom stereocenters. The summed E-state index contributed by atoms with van der Waals surface area (Å²) in [6, 6.07) is 5.50. The number of hydrogen-bond donors (Lipinski definition) is 0. The molecule has 1 atom stereocenters. The van der Waals surface area contributed by atoms with Gasteiger partial charge in [-0.25, -0.2) is 4.98 Å².